The Morgan fingerprint density at radius 3 is 2.30 bits per heavy atom. The number of hydrogen-bond donors (Lipinski definition) is 2. The molecule has 2 unspecified atom stereocenters. The van der Waals surface area contributed by atoms with Crippen LogP contribution in [0.25, 0.3) is 0 Å². The summed E-state index contributed by atoms with van der Waals surface area (Å²) in [5.74, 6) is -0.783. The summed E-state index contributed by atoms with van der Waals surface area (Å²) in [6.45, 7) is 3.64. The molecule has 1 heterocycles. The Morgan fingerprint density at radius 1 is 0.950 bits per heavy atom. The molecule has 4 amide bonds. The summed E-state index contributed by atoms with van der Waals surface area (Å²) in [4.78, 5) is 41.6. The number of benzene rings is 3. The van der Waals surface area contributed by atoms with E-state index in [1.165, 1.54) is 0 Å². The van der Waals surface area contributed by atoms with E-state index < -0.39 is 35.8 Å². The predicted molar refractivity (Wildman–Crippen MR) is 159 cm³/mol. The molecule has 3 atom stereocenters. The zero-order chi connectivity index (χ0) is 28.5. The fourth-order valence-electron chi connectivity index (χ4n) is 4.46. The largest absolute Gasteiger partial charge is 0.491 e. The Bertz CT molecular complexity index is 1290. The maximum Gasteiger partial charge on any atom is 0.325 e. The highest BCUT2D eigenvalue weighted by molar-refractivity contribution is 14.1. The number of imide groups is 1. The maximum absolute atomic E-state index is 13.7. The van der Waals surface area contributed by atoms with E-state index in [9.17, 15) is 14.4 Å². The molecular formula is C30H32IN3O6. The van der Waals surface area contributed by atoms with Crippen LogP contribution in [0.1, 0.15) is 30.0 Å². The fraction of sp³-hybridized carbons (Fsp3) is 0.300. The highest BCUT2D eigenvalue weighted by Gasteiger charge is 2.47. The molecule has 1 aliphatic heterocycles. The van der Waals surface area contributed by atoms with E-state index in [1.54, 1.807) is 43.5 Å². The minimum absolute atomic E-state index is 0.366. The molecule has 0 spiro atoms. The van der Waals surface area contributed by atoms with Crippen molar-refractivity contribution in [1.29, 1.82) is 0 Å². The molecule has 3 aromatic rings. The molecule has 210 valence electrons. The molecule has 0 saturated carbocycles. The van der Waals surface area contributed by atoms with Crippen molar-refractivity contribution in [1.82, 2.24) is 10.2 Å². The van der Waals surface area contributed by atoms with Gasteiger partial charge >= 0.3 is 6.03 Å². The van der Waals surface area contributed by atoms with Crippen molar-refractivity contribution in [3.8, 4) is 5.75 Å². The van der Waals surface area contributed by atoms with Crippen molar-refractivity contribution < 1.29 is 28.6 Å². The second-order valence-corrected chi connectivity index (χ2v) is 10.5. The number of urea groups is 1. The zero-order valence-corrected chi connectivity index (χ0v) is 24.5. The van der Waals surface area contributed by atoms with Crippen molar-refractivity contribution in [2.24, 2.45) is 0 Å². The van der Waals surface area contributed by atoms with Crippen LogP contribution in [0.3, 0.4) is 0 Å². The van der Waals surface area contributed by atoms with Crippen LogP contribution in [-0.2, 0) is 19.1 Å². The number of carbonyl (C=O) groups is 3. The topological polar surface area (TPSA) is 106 Å². The van der Waals surface area contributed by atoms with E-state index in [-0.39, 0.29) is 0 Å². The quantitative estimate of drug-likeness (QED) is 0.156. The van der Waals surface area contributed by atoms with Gasteiger partial charge in [0.25, 0.3) is 5.91 Å². The van der Waals surface area contributed by atoms with Gasteiger partial charge in [-0.1, -0.05) is 49.4 Å². The van der Waals surface area contributed by atoms with Gasteiger partial charge in [0.15, 0.2) is 0 Å². The summed E-state index contributed by atoms with van der Waals surface area (Å²) in [7, 11) is 1.61. The summed E-state index contributed by atoms with van der Waals surface area (Å²) < 4.78 is 17.0. The number of carbonyl (C=O) groups excluding carboxylic acids is 3. The van der Waals surface area contributed by atoms with Crippen LogP contribution in [0.4, 0.5) is 10.5 Å². The number of nitrogens with one attached hydrogen (secondary N) is 2. The van der Waals surface area contributed by atoms with Gasteiger partial charge in [-0.3, -0.25) is 9.59 Å². The number of amides is 4. The summed E-state index contributed by atoms with van der Waals surface area (Å²) >= 11 is 2.18. The second-order valence-electron chi connectivity index (χ2n) is 9.25. The Balaban J connectivity index is 1.50. The Labute approximate surface area is 247 Å². The van der Waals surface area contributed by atoms with Crippen molar-refractivity contribution in [2.45, 2.75) is 24.9 Å². The van der Waals surface area contributed by atoms with Crippen LogP contribution in [-0.4, -0.2) is 62.3 Å². The van der Waals surface area contributed by atoms with Crippen molar-refractivity contribution in [3.63, 3.8) is 0 Å². The summed E-state index contributed by atoms with van der Waals surface area (Å²) in [6, 6.07) is 21.0. The van der Waals surface area contributed by atoms with Crippen LogP contribution in [0, 0.1) is 3.57 Å². The van der Waals surface area contributed by atoms with Gasteiger partial charge < -0.3 is 24.8 Å². The first-order valence-corrected chi connectivity index (χ1v) is 14.0. The summed E-state index contributed by atoms with van der Waals surface area (Å²) in [5, 5.41) is 5.64. The lowest BCUT2D eigenvalue weighted by molar-refractivity contribution is -0.134. The molecule has 10 heteroatoms. The lowest BCUT2D eigenvalue weighted by Crippen LogP contribution is -2.50. The molecular weight excluding hydrogens is 625 g/mol. The van der Waals surface area contributed by atoms with Crippen molar-refractivity contribution in [3.05, 3.63) is 93.6 Å². The molecule has 2 N–H and O–H groups in total. The Morgan fingerprint density at radius 2 is 1.62 bits per heavy atom. The summed E-state index contributed by atoms with van der Waals surface area (Å²) in [6.07, 6.45) is 0. The van der Waals surface area contributed by atoms with Gasteiger partial charge in [0.05, 0.1) is 19.8 Å². The molecule has 1 saturated heterocycles. The molecule has 40 heavy (non-hydrogen) atoms. The van der Waals surface area contributed by atoms with E-state index in [2.05, 4.69) is 33.2 Å². The first-order chi connectivity index (χ1) is 19.4. The molecule has 0 bridgehead atoms. The normalized spacial score (nSPS) is 16.4. The average Bonchev–Trinajstić information content (AvgIpc) is 3.26. The second kappa shape index (κ2) is 14.2. The number of nitrogens with zero attached hydrogens (tertiary/aromatic N) is 1. The highest BCUT2D eigenvalue weighted by Crippen LogP contribution is 2.31. The number of rotatable bonds is 13. The SMILES string of the molecule is COCCOCCOc1ccc([C@H]2NC(=O)N(C(C(=O)Nc3ccc(I)cc3)C(C)c3ccccc3)C2=O)cc1. The van der Waals surface area contributed by atoms with Crippen LogP contribution in [0.5, 0.6) is 5.75 Å². The molecule has 0 aliphatic carbocycles. The first kappa shape index (κ1) is 29.5. The first-order valence-electron chi connectivity index (χ1n) is 12.9. The third-order valence-corrected chi connectivity index (χ3v) is 7.29. The molecule has 0 radical (unpaired) electrons. The third kappa shape index (κ3) is 7.38. The van der Waals surface area contributed by atoms with Crippen LogP contribution < -0.4 is 15.4 Å². The molecule has 4 rings (SSSR count). The number of methoxy groups -OCH3 is 1. The molecule has 0 aromatic heterocycles. The minimum atomic E-state index is -1.07. The maximum atomic E-state index is 13.7. The van der Waals surface area contributed by atoms with E-state index in [0.29, 0.717) is 43.4 Å². The zero-order valence-electron chi connectivity index (χ0n) is 22.3. The van der Waals surface area contributed by atoms with Gasteiger partial charge in [-0.2, -0.15) is 0 Å². The highest BCUT2D eigenvalue weighted by atomic mass is 127. The predicted octanol–water partition coefficient (Wildman–Crippen LogP) is 4.74. The Kier molecular flexibility index (Phi) is 10.5. The minimum Gasteiger partial charge on any atom is -0.491 e. The van der Waals surface area contributed by atoms with Gasteiger partial charge in [-0.15, -0.1) is 0 Å². The van der Waals surface area contributed by atoms with Gasteiger partial charge in [0.1, 0.15) is 24.4 Å². The lowest BCUT2D eigenvalue weighted by atomic mass is 9.91. The van der Waals surface area contributed by atoms with Gasteiger partial charge in [-0.05, 0) is 70.1 Å². The molecule has 1 fully saturated rings. The van der Waals surface area contributed by atoms with E-state index in [4.69, 9.17) is 14.2 Å². The van der Waals surface area contributed by atoms with Crippen LogP contribution >= 0.6 is 22.6 Å². The molecule has 3 aromatic carbocycles. The number of halogens is 1. The van der Waals surface area contributed by atoms with Gasteiger partial charge in [0.2, 0.25) is 5.91 Å². The third-order valence-electron chi connectivity index (χ3n) is 6.57. The molecule has 1 aliphatic rings. The standard InChI is InChI=1S/C30H32IN3O6/c1-20(21-6-4-3-5-7-21)27(28(35)32-24-12-10-23(31)11-13-24)34-29(36)26(33-30(34)37)22-8-14-25(15-9-22)40-19-18-39-17-16-38-2/h3-15,20,26-27H,16-19H2,1-2H3,(H,32,35)(H,33,37)/t20?,26-,27?/m1/s1. The van der Waals surface area contributed by atoms with Crippen molar-refractivity contribution >= 4 is 46.1 Å². The molecule has 9 nitrogen and oxygen atoms in total. The van der Waals surface area contributed by atoms with E-state index in [0.717, 1.165) is 14.0 Å². The van der Waals surface area contributed by atoms with Crippen molar-refractivity contribution in [2.75, 3.05) is 38.9 Å². The van der Waals surface area contributed by atoms with Crippen LogP contribution in [0.2, 0.25) is 0 Å². The van der Waals surface area contributed by atoms with Gasteiger partial charge in [-0.25, -0.2) is 9.69 Å². The van der Waals surface area contributed by atoms with E-state index >= 15 is 0 Å². The Hall–Kier alpha value is -3.48. The monoisotopic (exact) mass is 657 g/mol. The number of ether oxygens (including phenoxy) is 3. The van der Waals surface area contributed by atoms with Gasteiger partial charge in [0, 0.05) is 22.3 Å². The lowest BCUT2D eigenvalue weighted by Gasteiger charge is -2.30. The fourth-order valence-corrected chi connectivity index (χ4v) is 4.82. The number of anilines is 1. The number of hydrogen-bond acceptors (Lipinski definition) is 6. The smallest absolute Gasteiger partial charge is 0.325 e. The average molecular weight is 658 g/mol. The summed E-state index contributed by atoms with van der Waals surface area (Å²) in [5.41, 5.74) is 2.01. The van der Waals surface area contributed by atoms with Crippen LogP contribution in [0.15, 0.2) is 78.9 Å². The van der Waals surface area contributed by atoms with E-state index in [1.807, 2.05) is 49.4 Å².